The first-order chi connectivity index (χ1) is 16.1. The minimum atomic E-state index is -2.67. The van der Waals surface area contributed by atoms with E-state index in [9.17, 15) is 18.4 Å². The fraction of sp³-hybridized carbons (Fsp3) is 0.652. The zero-order valence-electron chi connectivity index (χ0n) is 19.8. The number of aromatic nitrogens is 3. The van der Waals surface area contributed by atoms with E-state index < -0.39 is 18.1 Å². The number of nitrogens with zero attached hydrogens (tertiary/aromatic N) is 4. The molecule has 3 atom stereocenters. The molecule has 2 N–H and O–H groups in total. The smallest absolute Gasteiger partial charge is 0.407 e. The highest BCUT2D eigenvalue weighted by Crippen LogP contribution is 2.41. The Kier molecular flexibility index (Phi) is 6.90. The van der Waals surface area contributed by atoms with Gasteiger partial charge in [-0.1, -0.05) is 6.92 Å². The SMILES string of the molecule is CCC(C)OC(=O)N[C@H](c1cn2ncc(CN3C[C@@H](C)NC3=O)cc2n1)C1CCC(F)(F)CC1. The zero-order chi connectivity index (χ0) is 24.5. The minimum absolute atomic E-state index is 0.0899. The molecule has 34 heavy (non-hydrogen) atoms. The van der Waals surface area contributed by atoms with Crippen molar-refractivity contribution in [2.24, 2.45) is 5.92 Å². The number of halogens is 2. The summed E-state index contributed by atoms with van der Waals surface area (Å²) in [5, 5.41) is 10.1. The maximum atomic E-state index is 13.8. The number of carbonyl (C=O) groups excluding carboxylic acids is 2. The molecule has 2 fully saturated rings. The molecule has 3 amide bonds. The third kappa shape index (κ3) is 5.56. The van der Waals surface area contributed by atoms with E-state index in [0.29, 0.717) is 30.9 Å². The molecule has 2 aromatic heterocycles. The molecule has 9 nitrogen and oxygen atoms in total. The lowest BCUT2D eigenvalue weighted by Crippen LogP contribution is -2.38. The lowest BCUT2D eigenvalue weighted by Gasteiger charge is -2.33. The summed E-state index contributed by atoms with van der Waals surface area (Å²) in [7, 11) is 0. The van der Waals surface area contributed by atoms with Crippen LogP contribution in [0, 0.1) is 5.92 Å². The molecule has 11 heteroatoms. The van der Waals surface area contributed by atoms with Crippen LogP contribution in [0.15, 0.2) is 18.5 Å². The van der Waals surface area contributed by atoms with Crippen LogP contribution < -0.4 is 10.6 Å². The molecular weight excluding hydrogens is 446 g/mol. The largest absolute Gasteiger partial charge is 0.447 e. The molecule has 186 valence electrons. The minimum Gasteiger partial charge on any atom is -0.447 e. The van der Waals surface area contributed by atoms with Crippen molar-refractivity contribution in [2.45, 2.75) is 83.5 Å². The Hall–Kier alpha value is -2.98. The summed E-state index contributed by atoms with van der Waals surface area (Å²) < 4.78 is 34.5. The predicted octanol–water partition coefficient (Wildman–Crippen LogP) is 4.03. The van der Waals surface area contributed by atoms with Gasteiger partial charge in [-0.3, -0.25) is 0 Å². The van der Waals surface area contributed by atoms with Gasteiger partial charge in [-0.05, 0) is 50.7 Å². The highest BCUT2D eigenvalue weighted by molar-refractivity contribution is 5.76. The molecule has 0 spiro atoms. The number of hydrogen-bond donors (Lipinski definition) is 2. The Morgan fingerprint density at radius 1 is 1.38 bits per heavy atom. The van der Waals surface area contributed by atoms with Crippen LogP contribution in [0.1, 0.15) is 70.2 Å². The van der Waals surface area contributed by atoms with Gasteiger partial charge in [-0.15, -0.1) is 0 Å². The van der Waals surface area contributed by atoms with Crippen LogP contribution in [0.4, 0.5) is 18.4 Å². The van der Waals surface area contributed by atoms with Crippen LogP contribution >= 0.6 is 0 Å². The Morgan fingerprint density at radius 2 is 2.12 bits per heavy atom. The summed E-state index contributed by atoms with van der Waals surface area (Å²) in [6.45, 7) is 6.67. The first-order valence-corrected chi connectivity index (χ1v) is 11.9. The third-order valence-electron chi connectivity index (χ3n) is 6.63. The number of carbonyl (C=O) groups is 2. The van der Waals surface area contributed by atoms with Crippen LogP contribution in [-0.4, -0.2) is 56.2 Å². The molecule has 3 heterocycles. The molecule has 1 saturated heterocycles. The van der Waals surface area contributed by atoms with Gasteiger partial charge in [-0.2, -0.15) is 5.10 Å². The predicted molar refractivity (Wildman–Crippen MR) is 120 cm³/mol. The van der Waals surface area contributed by atoms with E-state index in [4.69, 9.17) is 4.74 Å². The molecule has 0 bridgehead atoms. The van der Waals surface area contributed by atoms with Crippen molar-refractivity contribution in [2.75, 3.05) is 6.54 Å². The third-order valence-corrected chi connectivity index (χ3v) is 6.63. The van der Waals surface area contributed by atoms with E-state index >= 15 is 0 Å². The van der Waals surface area contributed by atoms with Crippen LogP contribution in [0.3, 0.4) is 0 Å². The summed E-state index contributed by atoms with van der Waals surface area (Å²) in [5.41, 5.74) is 1.93. The lowest BCUT2D eigenvalue weighted by atomic mass is 9.81. The van der Waals surface area contributed by atoms with Crippen molar-refractivity contribution < 1.29 is 23.1 Å². The average Bonchev–Trinajstić information content (AvgIpc) is 3.34. The summed E-state index contributed by atoms with van der Waals surface area (Å²) >= 11 is 0. The number of rotatable bonds is 7. The van der Waals surface area contributed by atoms with Crippen molar-refractivity contribution >= 4 is 17.8 Å². The normalized spacial score (nSPS) is 22.4. The van der Waals surface area contributed by atoms with Gasteiger partial charge in [-0.25, -0.2) is 27.9 Å². The highest BCUT2D eigenvalue weighted by atomic mass is 19.3. The fourth-order valence-electron chi connectivity index (χ4n) is 4.54. The molecule has 2 aliphatic rings. The molecule has 1 aliphatic carbocycles. The second kappa shape index (κ2) is 9.71. The highest BCUT2D eigenvalue weighted by Gasteiger charge is 2.39. The number of fused-ring (bicyclic) bond motifs is 1. The average molecular weight is 479 g/mol. The van der Waals surface area contributed by atoms with Crippen molar-refractivity contribution in [1.82, 2.24) is 30.1 Å². The maximum Gasteiger partial charge on any atom is 0.407 e. The zero-order valence-corrected chi connectivity index (χ0v) is 19.8. The molecule has 2 aromatic rings. The number of alkyl halides is 2. The van der Waals surface area contributed by atoms with Gasteiger partial charge in [0.15, 0.2) is 5.65 Å². The quantitative estimate of drug-likeness (QED) is 0.626. The van der Waals surface area contributed by atoms with Crippen molar-refractivity contribution in [3.8, 4) is 0 Å². The lowest BCUT2D eigenvalue weighted by molar-refractivity contribution is -0.0498. The number of urea groups is 1. The number of alkyl carbamates (subject to hydrolysis) is 1. The number of imidazole rings is 1. The number of amides is 3. The number of hydrogen-bond acceptors (Lipinski definition) is 5. The monoisotopic (exact) mass is 478 g/mol. The van der Waals surface area contributed by atoms with Crippen molar-refractivity contribution in [1.29, 1.82) is 0 Å². The second-order valence-electron chi connectivity index (χ2n) is 9.50. The molecule has 0 aromatic carbocycles. The van der Waals surface area contributed by atoms with Gasteiger partial charge in [0.1, 0.15) is 6.10 Å². The summed E-state index contributed by atoms with van der Waals surface area (Å²) in [6, 6.07) is 1.25. The summed E-state index contributed by atoms with van der Waals surface area (Å²) in [5.74, 6) is -2.87. The molecule has 1 unspecified atom stereocenters. The summed E-state index contributed by atoms with van der Waals surface area (Å²) in [6.07, 6.45) is 3.32. The Labute approximate surface area is 197 Å². The standard InChI is InChI=1S/C23H32F2N6O3/c1-4-15(3)34-22(33)29-20(17-5-7-23(24,25)8-6-17)18-13-31-19(28-18)9-16(10-26-31)12-30-11-14(2)27-21(30)32/h9-10,13-15,17,20H,4-8,11-12H2,1-3H3,(H,27,32)(H,29,33)/t14-,15?,20+/m1/s1. The van der Waals surface area contributed by atoms with Gasteiger partial charge in [0.05, 0.1) is 24.1 Å². The van der Waals surface area contributed by atoms with E-state index in [2.05, 4.69) is 20.7 Å². The Balaban J connectivity index is 1.55. The topological polar surface area (TPSA) is 101 Å². The van der Waals surface area contributed by atoms with Crippen LogP contribution in [0.25, 0.3) is 5.65 Å². The maximum absolute atomic E-state index is 13.8. The van der Waals surface area contributed by atoms with Gasteiger partial charge < -0.3 is 20.3 Å². The van der Waals surface area contributed by atoms with E-state index in [0.717, 1.165) is 5.56 Å². The van der Waals surface area contributed by atoms with Crippen LogP contribution in [-0.2, 0) is 11.3 Å². The van der Waals surface area contributed by atoms with Crippen LogP contribution in [0.5, 0.6) is 0 Å². The van der Waals surface area contributed by atoms with Gasteiger partial charge in [0.25, 0.3) is 0 Å². The molecule has 0 radical (unpaired) electrons. The second-order valence-corrected chi connectivity index (χ2v) is 9.50. The van der Waals surface area contributed by atoms with E-state index in [1.54, 1.807) is 28.7 Å². The van der Waals surface area contributed by atoms with E-state index in [1.165, 1.54) is 0 Å². The van der Waals surface area contributed by atoms with E-state index in [1.807, 2.05) is 19.9 Å². The fourth-order valence-corrected chi connectivity index (χ4v) is 4.54. The molecule has 1 saturated carbocycles. The first kappa shape index (κ1) is 24.2. The van der Waals surface area contributed by atoms with Crippen molar-refractivity contribution in [3.63, 3.8) is 0 Å². The Morgan fingerprint density at radius 3 is 2.76 bits per heavy atom. The Bertz CT molecular complexity index is 1030. The number of ether oxygens (including phenoxy) is 1. The number of nitrogens with one attached hydrogen (secondary N) is 2. The summed E-state index contributed by atoms with van der Waals surface area (Å²) in [4.78, 5) is 30.9. The van der Waals surface area contributed by atoms with Gasteiger partial charge in [0, 0.05) is 32.0 Å². The van der Waals surface area contributed by atoms with Gasteiger partial charge >= 0.3 is 12.1 Å². The molecule has 1 aliphatic heterocycles. The van der Waals surface area contributed by atoms with E-state index in [-0.39, 0.29) is 49.8 Å². The van der Waals surface area contributed by atoms with Crippen molar-refractivity contribution in [3.05, 3.63) is 29.7 Å². The first-order valence-electron chi connectivity index (χ1n) is 11.9. The molecular formula is C23H32F2N6O3. The van der Waals surface area contributed by atoms with Crippen LogP contribution in [0.2, 0.25) is 0 Å². The van der Waals surface area contributed by atoms with Gasteiger partial charge in [0.2, 0.25) is 5.92 Å². The molecule has 4 rings (SSSR count).